The molecular weight excluding hydrogens is 420 g/mol. The van der Waals surface area contributed by atoms with Crippen molar-refractivity contribution in [3.63, 3.8) is 0 Å². The van der Waals surface area contributed by atoms with Gasteiger partial charge in [0, 0.05) is 39.0 Å². The number of carbonyl (C=O) groups excluding carboxylic acids is 1. The molecule has 1 saturated heterocycles. The number of halogens is 1. The number of furan rings is 1. The van der Waals surface area contributed by atoms with Crippen molar-refractivity contribution in [1.82, 2.24) is 9.80 Å². The van der Waals surface area contributed by atoms with Crippen LogP contribution < -0.4 is 0 Å². The monoisotopic (exact) mass is 440 g/mol. The highest BCUT2D eigenvalue weighted by molar-refractivity contribution is 9.10. The van der Waals surface area contributed by atoms with Gasteiger partial charge in [-0.15, -0.1) is 0 Å². The van der Waals surface area contributed by atoms with Crippen molar-refractivity contribution < 1.29 is 17.6 Å². The Balaban J connectivity index is 1.59. The summed E-state index contributed by atoms with van der Waals surface area (Å²) in [5, 5.41) is 0. The van der Waals surface area contributed by atoms with E-state index in [1.165, 1.54) is 6.26 Å². The summed E-state index contributed by atoms with van der Waals surface area (Å²) in [6.45, 7) is 3.72. The van der Waals surface area contributed by atoms with Gasteiger partial charge in [-0.3, -0.25) is 9.69 Å². The van der Waals surface area contributed by atoms with E-state index in [4.69, 9.17) is 4.42 Å². The summed E-state index contributed by atoms with van der Waals surface area (Å²) in [5.41, 5.74) is 1.06. The molecule has 0 N–H and O–H groups in total. The van der Waals surface area contributed by atoms with Gasteiger partial charge in [0.25, 0.3) is 5.91 Å². The summed E-state index contributed by atoms with van der Waals surface area (Å²) in [4.78, 5) is 16.9. The number of benzene rings is 1. The maximum atomic E-state index is 12.5. The smallest absolute Gasteiger partial charge is 0.289 e. The molecule has 8 heteroatoms. The number of sulfone groups is 1. The number of hydrogen-bond acceptors (Lipinski definition) is 5. The Labute approximate surface area is 161 Å². The lowest BCUT2D eigenvalue weighted by Crippen LogP contribution is -2.34. The quantitative estimate of drug-likeness (QED) is 0.730. The van der Waals surface area contributed by atoms with Crippen LogP contribution in [0, 0.1) is 0 Å². The lowest BCUT2D eigenvalue weighted by molar-refractivity contribution is 0.0728. The zero-order chi connectivity index (χ0) is 18.7. The average Bonchev–Trinajstić information content (AvgIpc) is 2.89. The van der Waals surface area contributed by atoms with Gasteiger partial charge >= 0.3 is 0 Å². The molecule has 3 rings (SSSR count). The van der Waals surface area contributed by atoms with E-state index >= 15 is 0 Å². The zero-order valence-electron chi connectivity index (χ0n) is 14.5. The van der Waals surface area contributed by atoms with Gasteiger partial charge in [-0.05, 0) is 52.2 Å². The summed E-state index contributed by atoms with van der Waals surface area (Å²) in [7, 11) is -3.17. The van der Waals surface area contributed by atoms with Crippen molar-refractivity contribution >= 4 is 31.7 Å². The minimum absolute atomic E-state index is 0.0879. The summed E-state index contributed by atoms with van der Waals surface area (Å²) in [6, 6.07) is 10.4. The number of nitrogens with zero attached hydrogens (tertiary/aromatic N) is 2. The number of carbonyl (C=O) groups is 1. The lowest BCUT2D eigenvalue weighted by Gasteiger charge is -2.21. The molecule has 1 aliphatic heterocycles. The molecule has 2 aromatic rings. The third-order valence-electron chi connectivity index (χ3n) is 4.42. The Bertz CT molecular complexity index is 877. The predicted octanol–water partition coefficient (Wildman–Crippen LogP) is 2.79. The van der Waals surface area contributed by atoms with Gasteiger partial charge < -0.3 is 9.32 Å². The molecule has 0 saturated carbocycles. The Morgan fingerprint density at radius 1 is 1.08 bits per heavy atom. The summed E-state index contributed by atoms with van der Waals surface area (Å²) < 4.78 is 29.0. The van der Waals surface area contributed by atoms with Gasteiger partial charge in [-0.1, -0.05) is 12.1 Å². The van der Waals surface area contributed by atoms with Crippen LogP contribution in [0.1, 0.15) is 22.5 Å². The van der Waals surface area contributed by atoms with E-state index in [-0.39, 0.29) is 5.91 Å². The summed E-state index contributed by atoms with van der Waals surface area (Å²) >= 11 is 3.22. The van der Waals surface area contributed by atoms with Crippen molar-refractivity contribution in [3.8, 4) is 0 Å². The summed E-state index contributed by atoms with van der Waals surface area (Å²) in [5.74, 6) is 0.261. The van der Waals surface area contributed by atoms with Crippen LogP contribution in [0.2, 0.25) is 0 Å². The second kappa shape index (κ2) is 7.94. The minimum atomic E-state index is -3.17. The molecule has 2 heterocycles. The molecule has 1 fully saturated rings. The fraction of sp³-hybridized carbons (Fsp3) is 0.389. The van der Waals surface area contributed by atoms with Crippen LogP contribution in [0.5, 0.6) is 0 Å². The third kappa shape index (κ3) is 4.75. The molecule has 0 unspecified atom stereocenters. The van der Waals surface area contributed by atoms with E-state index in [1.54, 1.807) is 24.3 Å². The third-order valence-corrected chi connectivity index (χ3v) is 5.97. The van der Waals surface area contributed by atoms with Crippen molar-refractivity contribution in [2.24, 2.45) is 0 Å². The molecule has 0 aliphatic carbocycles. The van der Waals surface area contributed by atoms with Crippen LogP contribution in [-0.4, -0.2) is 56.6 Å². The largest absolute Gasteiger partial charge is 0.444 e. The van der Waals surface area contributed by atoms with Gasteiger partial charge in [0.15, 0.2) is 20.3 Å². The first-order valence-corrected chi connectivity index (χ1v) is 11.1. The van der Waals surface area contributed by atoms with E-state index in [2.05, 4.69) is 20.8 Å². The molecule has 140 valence electrons. The van der Waals surface area contributed by atoms with Gasteiger partial charge in [-0.2, -0.15) is 0 Å². The van der Waals surface area contributed by atoms with Crippen molar-refractivity contribution in [2.45, 2.75) is 17.9 Å². The van der Waals surface area contributed by atoms with E-state index in [9.17, 15) is 13.2 Å². The molecule has 1 aromatic carbocycles. The molecule has 0 spiro atoms. The molecule has 1 aliphatic rings. The molecule has 0 atom stereocenters. The normalized spacial score (nSPS) is 16.5. The van der Waals surface area contributed by atoms with Crippen molar-refractivity contribution in [1.29, 1.82) is 0 Å². The van der Waals surface area contributed by atoms with E-state index in [0.717, 1.165) is 31.6 Å². The molecule has 26 heavy (non-hydrogen) atoms. The van der Waals surface area contributed by atoms with Crippen LogP contribution in [0.3, 0.4) is 0 Å². The SMILES string of the molecule is CS(=O)(=O)c1ccc(CN2CCCN(C(=O)c3ccc(Br)o3)CC2)cc1. The van der Waals surface area contributed by atoms with Crippen LogP contribution >= 0.6 is 15.9 Å². The molecular formula is C18H21BrN2O4S. The fourth-order valence-corrected chi connectivity index (χ4v) is 3.95. The first kappa shape index (κ1) is 19.1. The number of hydrogen-bond donors (Lipinski definition) is 0. The highest BCUT2D eigenvalue weighted by atomic mass is 79.9. The van der Waals surface area contributed by atoms with E-state index in [1.807, 2.05) is 17.0 Å². The first-order valence-electron chi connectivity index (χ1n) is 8.39. The number of rotatable bonds is 4. The first-order chi connectivity index (χ1) is 12.3. The minimum Gasteiger partial charge on any atom is -0.444 e. The molecule has 1 amide bonds. The van der Waals surface area contributed by atoms with Crippen molar-refractivity contribution in [2.75, 3.05) is 32.4 Å². The fourth-order valence-electron chi connectivity index (χ4n) is 3.02. The van der Waals surface area contributed by atoms with Gasteiger partial charge in [0.1, 0.15) is 0 Å². The number of amides is 1. The second-order valence-electron chi connectivity index (χ2n) is 6.44. The highest BCUT2D eigenvalue weighted by Crippen LogP contribution is 2.18. The van der Waals surface area contributed by atoms with Gasteiger partial charge in [0.2, 0.25) is 0 Å². The maximum Gasteiger partial charge on any atom is 0.289 e. The zero-order valence-corrected chi connectivity index (χ0v) is 16.9. The van der Waals surface area contributed by atoms with Crippen LogP contribution in [0.25, 0.3) is 0 Å². The molecule has 1 aromatic heterocycles. The highest BCUT2D eigenvalue weighted by Gasteiger charge is 2.22. The van der Waals surface area contributed by atoms with Gasteiger partial charge in [-0.25, -0.2) is 8.42 Å². The van der Waals surface area contributed by atoms with E-state index in [0.29, 0.717) is 28.4 Å². The second-order valence-corrected chi connectivity index (χ2v) is 9.24. The standard InChI is InChI=1S/C18H21BrN2O4S/c1-26(23,24)15-5-3-14(4-6-15)13-20-9-2-10-21(12-11-20)18(22)16-7-8-17(19)25-16/h3-8H,2,9-13H2,1H3. The topological polar surface area (TPSA) is 70.8 Å². The van der Waals surface area contributed by atoms with Crippen molar-refractivity contribution in [3.05, 3.63) is 52.4 Å². The Hall–Kier alpha value is -1.64. The Morgan fingerprint density at radius 2 is 1.81 bits per heavy atom. The Morgan fingerprint density at radius 3 is 2.42 bits per heavy atom. The Kier molecular flexibility index (Phi) is 5.84. The van der Waals surface area contributed by atoms with Crippen LogP contribution in [-0.2, 0) is 16.4 Å². The van der Waals surface area contributed by atoms with Crippen LogP contribution in [0.4, 0.5) is 0 Å². The molecule has 0 bridgehead atoms. The molecule has 0 radical (unpaired) electrons. The maximum absolute atomic E-state index is 12.5. The lowest BCUT2D eigenvalue weighted by atomic mass is 10.2. The summed E-state index contributed by atoms with van der Waals surface area (Å²) in [6.07, 6.45) is 2.09. The molecule has 6 nitrogen and oxygen atoms in total. The van der Waals surface area contributed by atoms with Gasteiger partial charge in [0.05, 0.1) is 4.90 Å². The predicted molar refractivity (Wildman–Crippen MR) is 102 cm³/mol. The average molecular weight is 441 g/mol. The van der Waals surface area contributed by atoms with E-state index < -0.39 is 9.84 Å². The van der Waals surface area contributed by atoms with Crippen LogP contribution in [0.15, 0.2) is 50.4 Å².